The van der Waals surface area contributed by atoms with Crippen LogP contribution in [-0.2, 0) is 4.74 Å². The van der Waals surface area contributed by atoms with E-state index in [1.807, 2.05) is 12.4 Å². The van der Waals surface area contributed by atoms with Crippen molar-refractivity contribution in [1.29, 1.82) is 5.41 Å². The lowest BCUT2D eigenvalue weighted by atomic mass is 9.71. The molecule has 0 bridgehead atoms. The number of aromatic nitrogens is 1. The lowest BCUT2D eigenvalue weighted by Crippen LogP contribution is -2.39. The van der Waals surface area contributed by atoms with E-state index in [2.05, 4.69) is 43.1 Å². The molecule has 5 heteroatoms. The number of rotatable bonds is 6. The molecule has 5 nitrogen and oxygen atoms in total. The van der Waals surface area contributed by atoms with Crippen molar-refractivity contribution in [1.82, 2.24) is 4.98 Å². The number of pyridine rings is 1. The van der Waals surface area contributed by atoms with Crippen LogP contribution >= 0.6 is 0 Å². The average Bonchev–Trinajstić information content (AvgIpc) is 2.77. The number of nitrogens with two attached hydrogens (primary N) is 1. The number of nitrogens with one attached hydrogen (secondary N) is 1. The molecule has 3 N–H and O–H groups in total. The fourth-order valence-corrected chi connectivity index (χ4v) is 5.04. The minimum absolute atomic E-state index is 0.204. The van der Waals surface area contributed by atoms with Gasteiger partial charge in [-0.15, -0.1) is 0 Å². The second-order valence-corrected chi connectivity index (χ2v) is 8.78. The molecule has 1 aliphatic heterocycles. The van der Waals surface area contributed by atoms with E-state index in [0.29, 0.717) is 24.4 Å². The first kappa shape index (κ1) is 20.7. The molecule has 30 heavy (non-hydrogen) atoms. The SMILES string of the molecule is CCC(C)c1cncc(-c2ccc3c(c2)C(CCOC(=N)N)C2CCCCC2O3)c1. The van der Waals surface area contributed by atoms with Gasteiger partial charge in [-0.3, -0.25) is 10.4 Å². The van der Waals surface area contributed by atoms with Crippen LogP contribution in [0.1, 0.15) is 75.3 Å². The van der Waals surface area contributed by atoms with E-state index in [9.17, 15) is 0 Å². The van der Waals surface area contributed by atoms with Crippen molar-refractivity contribution < 1.29 is 9.47 Å². The van der Waals surface area contributed by atoms with Gasteiger partial charge in [-0.2, -0.15) is 0 Å². The van der Waals surface area contributed by atoms with Crippen LogP contribution in [0.5, 0.6) is 5.75 Å². The van der Waals surface area contributed by atoms with Crippen LogP contribution in [-0.4, -0.2) is 23.7 Å². The normalized spacial score (nSPS) is 23.6. The molecule has 4 atom stereocenters. The quantitative estimate of drug-likeness (QED) is 0.482. The Kier molecular flexibility index (Phi) is 6.26. The molecule has 160 valence electrons. The highest BCUT2D eigenvalue weighted by Crippen LogP contribution is 2.48. The Balaban J connectivity index is 1.67. The molecule has 2 aromatic rings. The Bertz CT molecular complexity index is 898. The summed E-state index contributed by atoms with van der Waals surface area (Å²) in [5.74, 6) is 2.37. The highest BCUT2D eigenvalue weighted by atomic mass is 16.5. The van der Waals surface area contributed by atoms with Crippen LogP contribution in [0.3, 0.4) is 0 Å². The van der Waals surface area contributed by atoms with Crippen LogP contribution in [0.4, 0.5) is 0 Å². The largest absolute Gasteiger partial charge is 0.490 e. The second kappa shape index (κ2) is 9.07. The summed E-state index contributed by atoms with van der Waals surface area (Å²) in [4.78, 5) is 4.51. The van der Waals surface area contributed by atoms with Crippen molar-refractivity contribution in [2.75, 3.05) is 6.61 Å². The Morgan fingerprint density at radius 1 is 1.23 bits per heavy atom. The second-order valence-electron chi connectivity index (χ2n) is 8.78. The molecule has 2 heterocycles. The van der Waals surface area contributed by atoms with Gasteiger partial charge in [0.2, 0.25) is 0 Å². The van der Waals surface area contributed by atoms with Crippen molar-refractivity contribution in [3.8, 4) is 16.9 Å². The fourth-order valence-electron chi connectivity index (χ4n) is 5.04. The van der Waals surface area contributed by atoms with Gasteiger partial charge in [0.05, 0.1) is 6.61 Å². The van der Waals surface area contributed by atoms with E-state index in [1.54, 1.807) is 0 Å². The number of hydrogen-bond donors (Lipinski definition) is 2. The monoisotopic (exact) mass is 407 g/mol. The molecule has 0 amide bonds. The zero-order valence-corrected chi connectivity index (χ0v) is 18.1. The van der Waals surface area contributed by atoms with Crippen LogP contribution in [0.25, 0.3) is 11.1 Å². The molecular formula is C25H33N3O2. The van der Waals surface area contributed by atoms with Gasteiger partial charge in [0.15, 0.2) is 0 Å². The number of ether oxygens (including phenoxy) is 2. The van der Waals surface area contributed by atoms with E-state index >= 15 is 0 Å². The molecule has 0 saturated heterocycles. The van der Waals surface area contributed by atoms with E-state index in [0.717, 1.165) is 30.6 Å². The first-order valence-electron chi connectivity index (χ1n) is 11.3. The van der Waals surface area contributed by atoms with Gasteiger partial charge >= 0.3 is 0 Å². The minimum Gasteiger partial charge on any atom is -0.490 e. The van der Waals surface area contributed by atoms with Crippen LogP contribution < -0.4 is 10.5 Å². The van der Waals surface area contributed by atoms with Crippen molar-refractivity contribution in [2.45, 2.75) is 70.3 Å². The molecule has 1 aromatic carbocycles. The summed E-state index contributed by atoms with van der Waals surface area (Å²) >= 11 is 0. The van der Waals surface area contributed by atoms with Crippen molar-refractivity contribution in [3.63, 3.8) is 0 Å². The summed E-state index contributed by atoms with van der Waals surface area (Å²) in [6, 6.07) is 8.64. The van der Waals surface area contributed by atoms with E-state index < -0.39 is 0 Å². The minimum atomic E-state index is -0.204. The Morgan fingerprint density at radius 3 is 2.87 bits per heavy atom. The maximum Gasteiger partial charge on any atom is 0.278 e. The molecule has 1 aromatic heterocycles. The molecule has 1 fully saturated rings. The highest BCUT2D eigenvalue weighted by Gasteiger charge is 2.39. The van der Waals surface area contributed by atoms with Crippen LogP contribution in [0.15, 0.2) is 36.7 Å². The lowest BCUT2D eigenvalue weighted by Gasteiger charge is -2.42. The molecular weight excluding hydrogens is 374 g/mol. The third kappa shape index (κ3) is 4.30. The lowest BCUT2D eigenvalue weighted by molar-refractivity contribution is 0.0492. The van der Waals surface area contributed by atoms with Crippen LogP contribution in [0, 0.1) is 11.3 Å². The van der Waals surface area contributed by atoms with Crippen molar-refractivity contribution in [3.05, 3.63) is 47.8 Å². The van der Waals surface area contributed by atoms with Crippen molar-refractivity contribution in [2.24, 2.45) is 11.7 Å². The predicted octanol–water partition coefficient (Wildman–Crippen LogP) is 5.60. The van der Waals surface area contributed by atoms with Gasteiger partial charge in [0.25, 0.3) is 6.02 Å². The van der Waals surface area contributed by atoms with Crippen LogP contribution in [0.2, 0.25) is 0 Å². The van der Waals surface area contributed by atoms with Gasteiger partial charge in [-0.1, -0.05) is 26.3 Å². The third-order valence-electron chi connectivity index (χ3n) is 6.92. The van der Waals surface area contributed by atoms with Crippen molar-refractivity contribution >= 4 is 6.02 Å². The first-order chi connectivity index (χ1) is 14.6. The van der Waals surface area contributed by atoms with Gasteiger partial charge in [0.1, 0.15) is 11.9 Å². The number of fused-ring (bicyclic) bond motifs is 2. The average molecular weight is 408 g/mol. The molecule has 4 unspecified atom stereocenters. The fraction of sp³-hybridized carbons (Fsp3) is 0.520. The number of nitrogens with zero attached hydrogens (tertiary/aromatic N) is 1. The van der Waals surface area contributed by atoms with Gasteiger partial charge in [-0.05, 0) is 78.8 Å². The number of amidine groups is 1. The molecule has 0 spiro atoms. The molecule has 1 aliphatic carbocycles. The summed E-state index contributed by atoms with van der Waals surface area (Å²) in [6.07, 6.45) is 11.0. The van der Waals surface area contributed by atoms with Gasteiger partial charge in [0, 0.05) is 23.9 Å². The summed E-state index contributed by atoms with van der Waals surface area (Å²) in [5, 5.41) is 7.38. The summed E-state index contributed by atoms with van der Waals surface area (Å²) < 4.78 is 11.8. The van der Waals surface area contributed by atoms with E-state index in [1.165, 1.54) is 36.0 Å². The van der Waals surface area contributed by atoms with E-state index in [4.69, 9.17) is 20.6 Å². The Morgan fingerprint density at radius 2 is 2.07 bits per heavy atom. The van der Waals surface area contributed by atoms with E-state index in [-0.39, 0.29) is 12.1 Å². The number of benzene rings is 1. The highest BCUT2D eigenvalue weighted by molar-refractivity contribution is 5.67. The molecule has 0 radical (unpaired) electrons. The number of hydrogen-bond acceptors (Lipinski definition) is 4. The van der Waals surface area contributed by atoms with Gasteiger partial charge in [-0.25, -0.2) is 0 Å². The first-order valence-corrected chi connectivity index (χ1v) is 11.3. The summed E-state index contributed by atoms with van der Waals surface area (Å²) in [7, 11) is 0. The molecule has 1 saturated carbocycles. The maximum absolute atomic E-state index is 7.38. The maximum atomic E-state index is 7.38. The Labute approximate surface area is 179 Å². The molecule has 4 rings (SSSR count). The third-order valence-corrected chi connectivity index (χ3v) is 6.92. The smallest absolute Gasteiger partial charge is 0.278 e. The standard InChI is InChI=1S/C25H33N3O2/c1-3-16(2)18-12-19(15-28-14-18)17-8-9-24-22(13-17)20(10-11-29-25(26)27)21-6-4-5-7-23(21)30-24/h8-9,12-16,20-21,23H,3-7,10-11H2,1-2H3,(H3,26,27). The predicted molar refractivity (Wildman–Crippen MR) is 120 cm³/mol. The van der Waals surface area contributed by atoms with Gasteiger partial charge < -0.3 is 15.2 Å². The zero-order chi connectivity index (χ0) is 21.1. The Hall–Kier alpha value is -2.56. The molecule has 2 aliphatic rings. The summed E-state index contributed by atoms with van der Waals surface area (Å²) in [6.45, 7) is 4.93. The zero-order valence-electron chi connectivity index (χ0n) is 18.1. The topological polar surface area (TPSA) is 81.2 Å². The summed E-state index contributed by atoms with van der Waals surface area (Å²) in [5.41, 5.74) is 10.3.